The Morgan fingerprint density at radius 1 is 1.10 bits per heavy atom. The summed E-state index contributed by atoms with van der Waals surface area (Å²) in [6.07, 6.45) is 2.16. The van der Waals surface area contributed by atoms with Crippen LogP contribution in [-0.4, -0.2) is 11.4 Å². The Bertz CT molecular complexity index is 688. The van der Waals surface area contributed by atoms with Crippen LogP contribution in [0.1, 0.15) is 28.7 Å². The molecule has 3 rings (SSSR count). The van der Waals surface area contributed by atoms with Gasteiger partial charge in [0, 0.05) is 18.7 Å². The topological polar surface area (TPSA) is 27.0 Å². The molecule has 2 aromatic carbocycles. The van der Waals surface area contributed by atoms with Crippen LogP contribution in [0, 0.1) is 17.1 Å². The van der Waals surface area contributed by atoms with E-state index < -0.39 is 0 Å². The van der Waals surface area contributed by atoms with Crippen molar-refractivity contribution in [3.05, 3.63) is 70.5 Å². The van der Waals surface area contributed by atoms with Crippen LogP contribution in [0.3, 0.4) is 0 Å². The second-order valence-electron chi connectivity index (χ2n) is 5.47. The molecule has 1 aliphatic heterocycles. The molecule has 0 fully saturated rings. The van der Waals surface area contributed by atoms with Gasteiger partial charge in [-0.2, -0.15) is 5.26 Å². The van der Waals surface area contributed by atoms with E-state index >= 15 is 0 Å². The fourth-order valence-corrected chi connectivity index (χ4v) is 2.93. The van der Waals surface area contributed by atoms with Crippen LogP contribution < -0.4 is 0 Å². The van der Waals surface area contributed by atoms with E-state index in [4.69, 9.17) is 5.26 Å². The van der Waals surface area contributed by atoms with Crippen LogP contribution in [0.25, 0.3) is 0 Å². The average Bonchev–Trinajstić information content (AvgIpc) is 2.71. The van der Waals surface area contributed by atoms with Crippen molar-refractivity contribution >= 4 is 0 Å². The number of nitriles is 1. The summed E-state index contributed by atoms with van der Waals surface area (Å²) in [6, 6.07) is 15.4. The van der Waals surface area contributed by atoms with Crippen molar-refractivity contribution in [2.24, 2.45) is 0 Å². The molecule has 0 amide bonds. The van der Waals surface area contributed by atoms with Gasteiger partial charge < -0.3 is 0 Å². The summed E-state index contributed by atoms with van der Waals surface area (Å²) in [6.45, 7) is 2.34. The van der Waals surface area contributed by atoms with Gasteiger partial charge in [0.2, 0.25) is 0 Å². The van der Waals surface area contributed by atoms with E-state index in [9.17, 15) is 4.39 Å². The largest absolute Gasteiger partial charge is 0.295 e. The molecule has 0 atom stereocenters. The molecule has 106 valence electrons. The van der Waals surface area contributed by atoms with E-state index in [-0.39, 0.29) is 11.4 Å². The van der Waals surface area contributed by atoms with E-state index in [1.807, 2.05) is 6.07 Å². The predicted molar refractivity (Wildman–Crippen MR) is 80.0 cm³/mol. The van der Waals surface area contributed by atoms with Gasteiger partial charge in [-0.1, -0.05) is 36.4 Å². The summed E-state index contributed by atoms with van der Waals surface area (Å²) < 4.78 is 14.2. The Hall–Kier alpha value is -2.18. The molecule has 0 aliphatic carbocycles. The Morgan fingerprint density at radius 2 is 1.90 bits per heavy atom. The number of aryl methyl sites for hydroxylation is 1. The first-order valence-corrected chi connectivity index (χ1v) is 7.24. The standard InChI is InChI=1S/C18H17FN2/c19-18-15(11-20)7-3-8-17(18)13-21-10-4-9-14-5-1-2-6-16(14)12-21/h1-3,5-8H,4,9-10,12-13H2. The number of rotatable bonds is 2. The molecule has 0 saturated carbocycles. The fourth-order valence-electron chi connectivity index (χ4n) is 2.93. The highest BCUT2D eigenvalue weighted by Crippen LogP contribution is 2.21. The molecule has 0 saturated heterocycles. The van der Waals surface area contributed by atoms with Crippen LogP contribution in [0.2, 0.25) is 0 Å². The van der Waals surface area contributed by atoms with E-state index in [1.54, 1.807) is 12.1 Å². The van der Waals surface area contributed by atoms with Crippen LogP contribution in [-0.2, 0) is 19.5 Å². The highest BCUT2D eigenvalue weighted by atomic mass is 19.1. The predicted octanol–water partition coefficient (Wildman–Crippen LogP) is 3.65. The lowest BCUT2D eigenvalue weighted by molar-refractivity contribution is 0.257. The van der Waals surface area contributed by atoms with E-state index in [1.165, 1.54) is 17.2 Å². The van der Waals surface area contributed by atoms with Gasteiger partial charge in [-0.15, -0.1) is 0 Å². The first-order valence-electron chi connectivity index (χ1n) is 7.24. The van der Waals surface area contributed by atoms with Gasteiger partial charge in [-0.3, -0.25) is 4.90 Å². The molecule has 2 nitrogen and oxygen atoms in total. The van der Waals surface area contributed by atoms with Crippen molar-refractivity contribution in [1.82, 2.24) is 4.90 Å². The number of hydrogen-bond acceptors (Lipinski definition) is 2. The summed E-state index contributed by atoms with van der Waals surface area (Å²) in [5.74, 6) is -0.377. The summed E-state index contributed by atoms with van der Waals surface area (Å²) in [7, 11) is 0. The van der Waals surface area contributed by atoms with E-state index in [0.29, 0.717) is 12.1 Å². The molecule has 0 bridgehead atoms. The zero-order valence-electron chi connectivity index (χ0n) is 11.8. The Labute approximate surface area is 124 Å². The highest BCUT2D eigenvalue weighted by molar-refractivity contribution is 5.35. The highest BCUT2D eigenvalue weighted by Gasteiger charge is 2.16. The van der Waals surface area contributed by atoms with Crippen molar-refractivity contribution in [2.75, 3.05) is 6.54 Å². The van der Waals surface area contributed by atoms with Gasteiger partial charge >= 0.3 is 0 Å². The third-order valence-corrected chi connectivity index (χ3v) is 4.03. The van der Waals surface area contributed by atoms with Gasteiger partial charge in [0.05, 0.1) is 5.56 Å². The van der Waals surface area contributed by atoms with Crippen molar-refractivity contribution in [1.29, 1.82) is 5.26 Å². The summed E-state index contributed by atoms with van der Waals surface area (Å²) in [4.78, 5) is 2.26. The van der Waals surface area contributed by atoms with Crippen LogP contribution in [0.5, 0.6) is 0 Å². The zero-order valence-corrected chi connectivity index (χ0v) is 11.8. The number of halogens is 1. The van der Waals surface area contributed by atoms with Crippen LogP contribution in [0.4, 0.5) is 4.39 Å². The molecular weight excluding hydrogens is 263 g/mol. The Morgan fingerprint density at radius 3 is 2.71 bits per heavy atom. The maximum absolute atomic E-state index is 14.2. The van der Waals surface area contributed by atoms with Crippen LogP contribution in [0.15, 0.2) is 42.5 Å². The normalized spacial score (nSPS) is 15.0. The molecular formula is C18H17FN2. The second-order valence-corrected chi connectivity index (χ2v) is 5.47. The monoisotopic (exact) mass is 280 g/mol. The zero-order chi connectivity index (χ0) is 14.7. The average molecular weight is 280 g/mol. The van der Waals surface area contributed by atoms with E-state index in [2.05, 4.69) is 29.2 Å². The molecule has 0 unspecified atom stereocenters. The lowest BCUT2D eigenvalue weighted by atomic mass is 10.0. The second kappa shape index (κ2) is 6.07. The molecule has 0 aromatic heterocycles. The number of hydrogen-bond donors (Lipinski definition) is 0. The third kappa shape index (κ3) is 2.96. The maximum Gasteiger partial charge on any atom is 0.145 e. The number of benzene rings is 2. The minimum Gasteiger partial charge on any atom is -0.295 e. The Kier molecular flexibility index (Phi) is 3.98. The summed E-state index contributed by atoms with van der Waals surface area (Å²) >= 11 is 0. The van der Waals surface area contributed by atoms with Gasteiger partial charge in [0.25, 0.3) is 0 Å². The molecule has 1 aliphatic rings. The lowest BCUT2D eigenvalue weighted by Crippen LogP contribution is -2.23. The van der Waals surface area contributed by atoms with Crippen molar-refractivity contribution < 1.29 is 4.39 Å². The molecule has 1 heterocycles. The number of fused-ring (bicyclic) bond motifs is 1. The molecule has 0 spiro atoms. The van der Waals surface area contributed by atoms with Crippen molar-refractivity contribution in [2.45, 2.75) is 25.9 Å². The molecule has 3 heteroatoms. The van der Waals surface area contributed by atoms with Gasteiger partial charge in [0.15, 0.2) is 0 Å². The SMILES string of the molecule is N#Cc1cccc(CN2CCCc3ccccc3C2)c1F. The fraction of sp³-hybridized carbons (Fsp3) is 0.278. The van der Waals surface area contributed by atoms with Gasteiger partial charge in [-0.25, -0.2) is 4.39 Å². The van der Waals surface area contributed by atoms with Crippen LogP contribution >= 0.6 is 0 Å². The molecule has 2 aromatic rings. The van der Waals surface area contributed by atoms with Crippen molar-refractivity contribution in [3.8, 4) is 6.07 Å². The lowest BCUT2D eigenvalue weighted by Gasteiger charge is -2.21. The van der Waals surface area contributed by atoms with Gasteiger partial charge in [-0.05, 0) is 36.6 Å². The number of nitrogens with zero attached hydrogens (tertiary/aromatic N) is 2. The summed E-state index contributed by atoms with van der Waals surface area (Å²) in [5, 5.41) is 8.92. The van der Waals surface area contributed by atoms with Crippen molar-refractivity contribution in [3.63, 3.8) is 0 Å². The smallest absolute Gasteiger partial charge is 0.145 e. The summed E-state index contributed by atoms with van der Waals surface area (Å²) in [5.41, 5.74) is 3.45. The first kappa shape index (κ1) is 13.8. The van der Waals surface area contributed by atoms with E-state index in [0.717, 1.165) is 25.9 Å². The molecule has 21 heavy (non-hydrogen) atoms. The molecule has 0 radical (unpaired) electrons. The first-order chi connectivity index (χ1) is 10.3. The third-order valence-electron chi connectivity index (χ3n) is 4.03. The van der Waals surface area contributed by atoms with Gasteiger partial charge in [0.1, 0.15) is 11.9 Å². The maximum atomic E-state index is 14.2. The quantitative estimate of drug-likeness (QED) is 0.839. The minimum atomic E-state index is -0.377. The Balaban J connectivity index is 1.82. The minimum absolute atomic E-state index is 0.128. The molecule has 0 N–H and O–H groups in total.